The third-order valence-electron chi connectivity index (χ3n) is 5.73. The number of hydrazone groups is 1. The van der Waals surface area contributed by atoms with Crippen molar-refractivity contribution >= 4 is 27.8 Å². The van der Waals surface area contributed by atoms with E-state index in [-0.39, 0.29) is 4.90 Å². The summed E-state index contributed by atoms with van der Waals surface area (Å²) < 4.78 is 44.9. The largest absolute Gasteiger partial charge is 0.494 e. The molecule has 0 unspecified atom stereocenters. The number of hydrogen-bond acceptors (Lipinski definition) is 7. The van der Waals surface area contributed by atoms with Crippen LogP contribution >= 0.6 is 0 Å². The zero-order valence-corrected chi connectivity index (χ0v) is 23.6. The Labute approximate surface area is 239 Å². The highest BCUT2D eigenvalue weighted by Crippen LogP contribution is 2.29. The lowest BCUT2D eigenvalue weighted by Gasteiger charge is -2.12. The van der Waals surface area contributed by atoms with E-state index in [9.17, 15) is 13.2 Å². The molecular weight excluding hydrogens is 542 g/mol. The lowest BCUT2D eigenvalue weighted by Crippen LogP contribution is -2.18. The molecule has 0 spiro atoms. The van der Waals surface area contributed by atoms with Crippen molar-refractivity contribution in [3.63, 3.8) is 0 Å². The van der Waals surface area contributed by atoms with E-state index in [4.69, 9.17) is 14.2 Å². The smallest absolute Gasteiger partial charge is 0.271 e. The second kappa shape index (κ2) is 14.0. The maximum Gasteiger partial charge on any atom is 0.271 e. The van der Waals surface area contributed by atoms with Gasteiger partial charge in [0.15, 0.2) is 11.5 Å². The molecule has 10 heteroatoms. The van der Waals surface area contributed by atoms with E-state index < -0.39 is 15.9 Å². The van der Waals surface area contributed by atoms with Crippen LogP contribution in [-0.4, -0.2) is 33.8 Å². The highest BCUT2D eigenvalue weighted by molar-refractivity contribution is 7.92. The Kier molecular flexibility index (Phi) is 9.95. The van der Waals surface area contributed by atoms with Crippen LogP contribution in [0.4, 0.5) is 5.69 Å². The van der Waals surface area contributed by atoms with Crippen molar-refractivity contribution in [3.8, 4) is 17.2 Å². The Bertz CT molecular complexity index is 1570. The van der Waals surface area contributed by atoms with Gasteiger partial charge in [0.25, 0.3) is 15.9 Å². The molecule has 4 rings (SSSR count). The van der Waals surface area contributed by atoms with Gasteiger partial charge in [-0.3, -0.25) is 9.52 Å². The maximum absolute atomic E-state index is 12.7. The van der Waals surface area contributed by atoms with E-state index in [1.165, 1.54) is 42.6 Å². The fraction of sp³-hybridized carbons (Fsp3) is 0.161. The molecule has 0 saturated carbocycles. The van der Waals surface area contributed by atoms with Gasteiger partial charge in [0.1, 0.15) is 12.4 Å². The predicted molar refractivity (Wildman–Crippen MR) is 158 cm³/mol. The molecule has 0 bridgehead atoms. The molecule has 9 nitrogen and oxygen atoms in total. The van der Waals surface area contributed by atoms with E-state index in [0.29, 0.717) is 53.9 Å². The number of carbonyl (C=O) groups excluding carboxylic acids is 1. The summed E-state index contributed by atoms with van der Waals surface area (Å²) >= 11 is 0. The van der Waals surface area contributed by atoms with Crippen molar-refractivity contribution < 1.29 is 27.4 Å². The van der Waals surface area contributed by atoms with Crippen LogP contribution in [0.2, 0.25) is 0 Å². The first-order valence-corrected chi connectivity index (χ1v) is 14.5. The zero-order valence-electron chi connectivity index (χ0n) is 22.7. The molecule has 2 N–H and O–H groups in total. The van der Waals surface area contributed by atoms with Gasteiger partial charge in [-0.25, -0.2) is 13.8 Å². The number of nitrogens with one attached hydrogen (secondary N) is 2. The minimum absolute atomic E-state index is 0.0976. The zero-order chi connectivity index (χ0) is 29.1. The summed E-state index contributed by atoms with van der Waals surface area (Å²) in [5, 5.41) is 4.04. The summed E-state index contributed by atoms with van der Waals surface area (Å²) in [4.78, 5) is 12.7. The van der Waals surface area contributed by atoms with Crippen LogP contribution in [0.3, 0.4) is 0 Å². The molecule has 0 fully saturated rings. The Morgan fingerprint density at radius 1 is 0.805 bits per heavy atom. The van der Waals surface area contributed by atoms with Crippen molar-refractivity contribution in [2.75, 3.05) is 17.9 Å². The van der Waals surface area contributed by atoms with E-state index in [2.05, 4.69) is 15.2 Å². The first kappa shape index (κ1) is 29.2. The summed E-state index contributed by atoms with van der Waals surface area (Å²) in [6.45, 7) is 5.10. The quantitative estimate of drug-likeness (QED) is 0.158. The van der Waals surface area contributed by atoms with E-state index >= 15 is 0 Å². The first-order valence-electron chi connectivity index (χ1n) is 13.0. The summed E-state index contributed by atoms with van der Waals surface area (Å²) in [5.74, 6) is 1.32. The fourth-order valence-corrected chi connectivity index (χ4v) is 4.80. The molecule has 0 aliphatic rings. The fourth-order valence-electron chi connectivity index (χ4n) is 3.74. The third kappa shape index (κ3) is 8.33. The van der Waals surface area contributed by atoms with E-state index in [0.717, 1.165) is 5.56 Å². The second-order valence-corrected chi connectivity index (χ2v) is 10.4. The van der Waals surface area contributed by atoms with Gasteiger partial charge in [-0.05, 0) is 91.7 Å². The monoisotopic (exact) mass is 573 g/mol. The Balaban J connectivity index is 1.34. The number of sulfonamides is 1. The molecular formula is C31H31N3O6S. The normalized spacial score (nSPS) is 11.2. The summed E-state index contributed by atoms with van der Waals surface area (Å²) in [6, 6.07) is 27.4. The van der Waals surface area contributed by atoms with Crippen molar-refractivity contribution in [1.29, 1.82) is 0 Å². The van der Waals surface area contributed by atoms with Gasteiger partial charge >= 0.3 is 0 Å². The van der Waals surface area contributed by atoms with Gasteiger partial charge in [0.2, 0.25) is 0 Å². The molecule has 4 aromatic rings. The molecule has 0 saturated heterocycles. The summed E-state index contributed by atoms with van der Waals surface area (Å²) in [6.07, 6.45) is 1.50. The third-order valence-corrected chi connectivity index (χ3v) is 7.13. The average molecular weight is 574 g/mol. The van der Waals surface area contributed by atoms with Gasteiger partial charge in [-0.2, -0.15) is 5.10 Å². The van der Waals surface area contributed by atoms with E-state index in [1.807, 2.05) is 50.2 Å². The van der Waals surface area contributed by atoms with Gasteiger partial charge in [0.05, 0.1) is 24.3 Å². The van der Waals surface area contributed by atoms with Crippen LogP contribution in [0.25, 0.3) is 0 Å². The number of benzene rings is 4. The van der Waals surface area contributed by atoms with Crippen LogP contribution in [-0.2, 0) is 16.6 Å². The van der Waals surface area contributed by atoms with Crippen molar-refractivity contribution in [2.45, 2.75) is 25.3 Å². The Morgan fingerprint density at radius 3 is 2.20 bits per heavy atom. The minimum Gasteiger partial charge on any atom is -0.494 e. The van der Waals surface area contributed by atoms with Crippen LogP contribution in [0.15, 0.2) is 107 Å². The number of nitrogens with zero attached hydrogens (tertiary/aromatic N) is 1. The highest BCUT2D eigenvalue weighted by Gasteiger charge is 2.15. The summed E-state index contributed by atoms with van der Waals surface area (Å²) in [7, 11) is -3.80. The molecule has 0 heterocycles. The second-order valence-electron chi connectivity index (χ2n) is 8.70. The van der Waals surface area contributed by atoms with Crippen molar-refractivity contribution in [3.05, 3.63) is 114 Å². The van der Waals surface area contributed by atoms with Crippen LogP contribution in [0.1, 0.15) is 35.3 Å². The molecule has 0 aromatic heterocycles. The van der Waals surface area contributed by atoms with Crippen molar-refractivity contribution in [1.82, 2.24) is 5.43 Å². The lowest BCUT2D eigenvalue weighted by atomic mass is 10.2. The maximum atomic E-state index is 12.7. The van der Waals surface area contributed by atoms with Crippen LogP contribution < -0.4 is 24.4 Å². The SMILES string of the molecule is CCOc1ccc(S(=O)(=O)Nc2ccc(C(=O)N/N=C\c3ccc(OCc4ccccc4)c(OCC)c3)cc2)cc1. The van der Waals surface area contributed by atoms with Gasteiger partial charge in [-0.15, -0.1) is 0 Å². The number of anilines is 1. The molecule has 0 radical (unpaired) electrons. The lowest BCUT2D eigenvalue weighted by molar-refractivity contribution is 0.0955. The standard InChI is InChI=1S/C31H31N3O6S/c1-3-38-27-15-17-28(18-16-27)41(36,37)34-26-13-11-25(12-14-26)31(35)33-32-21-24-10-19-29(30(20-24)39-4-2)40-22-23-8-6-5-7-9-23/h5-21,34H,3-4,22H2,1-2H3,(H,33,35)/b32-21-. The number of ether oxygens (including phenoxy) is 3. The molecule has 1 amide bonds. The Morgan fingerprint density at radius 2 is 1.51 bits per heavy atom. The highest BCUT2D eigenvalue weighted by atomic mass is 32.2. The van der Waals surface area contributed by atoms with E-state index in [1.54, 1.807) is 24.3 Å². The number of amides is 1. The van der Waals surface area contributed by atoms with Gasteiger partial charge in [0, 0.05) is 11.3 Å². The van der Waals surface area contributed by atoms with Crippen molar-refractivity contribution in [2.24, 2.45) is 5.10 Å². The Hall–Kier alpha value is -4.83. The topological polar surface area (TPSA) is 115 Å². The summed E-state index contributed by atoms with van der Waals surface area (Å²) in [5.41, 5.74) is 4.86. The first-order chi connectivity index (χ1) is 19.9. The molecule has 0 aliphatic carbocycles. The average Bonchev–Trinajstić information content (AvgIpc) is 2.98. The molecule has 212 valence electrons. The minimum atomic E-state index is -3.80. The number of rotatable bonds is 13. The number of hydrogen-bond donors (Lipinski definition) is 2. The number of carbonyl (C=O) groups is 1. The molecule has 0 aliphatic heterocycles. The molecule has 0 atom stereocenters. The van der Waals surface area contributed by atoms with Crippen LogP contribution in [0, 0.1) is 0 Å². The molecule has 41 heavy (non-hydrogen) atoms. The predicted octanol–water partition coefficient (Wildman–Crippen LogP) is 5.63. The van der Waals surface area contributed by atoms with Gasteiger partial charge < -0.3 is 14.2 Å². The van der Waals surface area contributed by atoms with Crippen LogP contribution in [0.5, 0.6) is 17.2 Å². The molecule has 4 aromatic carbocycles. The van der Waals surface area contributed by atoms with Gasteiger partial charge in [-0.1, -0.05) is 30.3 Å².